The summed E-state index contributed by atoms with van der Waals surface area (Å²) in [6, 6.07) is 11.4. The predicted octanol–water partition coefficient (Wildman–Crippen LogP) is 4.43. The van der Waals surface area contributed by atoms with Crippen LogP contribution in [0.4, 0.5) is 16.0 Å². The van der Waals surface area contributed by atoms with Gasteiger partial charge < -0.3 is 10.2 Å². The van der Waals surface area contributed by atoms with Crippen LogP contribution in [0.2, 0.25) is 5.15 Å². The smallest absolute Gasteiger partial charge is 0.257 e. The SMILES string of the molecule is O=C(c1cccnc1Cl)N1CCCC(c2ccnc(Nc3cccc(F)c3)n2)C1. The van der Waals surface area contributed by atoms with E-state index in [4.69, 9.17) is 11.6 Å². The van der Waals surface area contributed by atoms with Gasteiger partial charge >= 0.3 is 0 Å². The van der Waals surface area contributed by atoms with Crippen molar-refractivity contribution in [1.29, 1.82) is 0 Å². The molecular formula is C21H19ClFN5O. The van der Waals surface area contributed by atoms with Crippen molar-refractivity contribution in [2.75, 3.05) is 18.4 Å². The fourth-order valence-electron chi connectivity index (χ4n) is 3.47. The van der Waals surface area contributed by atoms with Crippen molar-refractivity contribution in [2.24, 2.45) is 0 Å². The second-order valence-electron chi connectivity index (χ2n) is 6.87. The molecule has 0 bridgehead atoms. The number of piperidine rings is 1. The highest BCUT2D eigenvalue weighted by atomic mass is 35.5. The van der Waals surface area contributed by atoms with Gasteiger partial charge in [-0.05, 0) is 49.2 Å². The van der Waals surface area contributed by atoms with Crippen molar-refractivity contribution in [3.8, 4) is 0 Å². The van der Waals surface area contributed by atoms with E-state index >= 15 is 0 Å². The number of hydrogen-bond acceptors (Lipinski definition) is 5. The molecule has 3 aromatic rings. The number of benzene rings is 1. The maximum absolute atomic E-state index is 13.4. The lowest BCUT2D eigenvalue weighted by molar-refractivity contribution is 0.0705. The molecule has 4 rings (SSSR count). The maximum Gasteiger partial charge on any atom is 0.257 e. The Morgan fingerprint density at radius 2 is 2.07 bits per heavy atom. The average molecular weight is 412 g/mol. The van der Waals surface area contributed by atoms with Gasteiger partial charge in [0, 0.05) is 37.1 Å². The van der Waals surface area contributed by atoms with E-state index in [0.717, 1.165) is 18.5 Å². The van der Waals surface area contributed by atoms with Crippen LogP contribution in [0, 0.1) is 5.82 Å². The standard InChI is InChI=1S/C21H19ClFN5O/c22-19-17(7-2-9-24-19)20(29)28-11-3-4-14(13-28)18-8-10-25-21(27-18)26-16-6-1-5-15(23)12-16/h1-2,5-10,12,14H,3-4,11,13H2,(H,25,26,27). The molecule has 1 atom stereocenters. The number of nitrogens with one attached hydrogen (secondary N) is 1. The van der Waals surface area contributed by atoms with Crippen LogP contribution in [0.1, 0.15) is 34.8 Å². The largest absolute Gasteiger partial charge is 0.338 e. The summed E-state index contributed by atoms with van der Waals surface area (Å²) in [5.41, 5.74) is 1.83. The molecule has 1 saturated heterocycles. The average Bonchev–Trinajstić information content (AvgIpc) is 2.74. The predicted molar refractivity (Wildman–Crippen MR) is 109 cm³/mol. The lowest BCUT2D eigenvalue weighted by atomic mass is 9.94. The number of likely N-dealkylation sites (tertiary alicyclic amines) is 1. The highest BCUT2D eigenvalue weighted by molar-refractivity contribution is 6.32. The van der Waals surface area contributed by atoms with Gasteiger partial charge in [0.2, 0.25) is 5.95 Å². The van der Waals surface area contributed by atoms with Crippen LogP contribution in [0.15, 0.2) is 54.9 Å². The first kappa shape index (κ1) is 19.3. The number of anilines is 2. The summed E-state index contributed by atoms with van der Waals surface area (Å²) in [4.78, 5) is 27.4. The Morgan fingerprint density at radius 3 is 2.90 bits per heavy atom. The Hall–Kier alpha value is -3.06. The zero-order chi connectivity index (χ0) is 20.2. The number of rotatable bonds is 4. The molecule has 3 heterocycles. The fraction of sp³-hybridized carbons (Fsp3) is 0.238. The van der Waals surface area contributed by atoms with E-state index in [-0.39, 0.29) is 22.8 Å². The lowest BCUT2D eigenvalue weighted by Crippen LogP contribution is -2.39. The van der Waals surface area contributed by atoms with Gasteiger partial charge in [0.15, 0.2) is 0 Å². The third-order valence-corrected chi connectivity index (χ3v) is 5.18. The molecule has 1 unspecified atom stereocenters. The molecular weight excluding hydrogens is 393 g/mol. The molecule has 0 radical (unpaired) electrons. The van der Waals surface area contributed by atoms with Crippen molar-refractivity contribution in [2.45, 2.75) is 18.8 Å². The molecule has 1 amide bonds. The molecule has 0 aliphatic carbocycles. The quantitative estimate of drug-likeness (QED) is 0.643. The van der Waals surface area contributed by atoms with Crippen molar-refractivity contribution >= 4 is 29.1 Å². The van der Waals surface area contributed by atoms with Gasteiger partial charge in [0.1, 0.15) is 11.0 Å². The molecule has 29 heavy (non-hydrogen) atoms. The Morgan fingerprint density at radius 1 is 1.17 bits per heavy atom. The van der Waals surface area contributed by atoms with Gasteiger partial charge in [-0.25, -0.2) is 19.3 Å². The molecule has 2 aromatic heterocycles. The first-order valence-electron chi connectivity index (χ1n) is 9.35. The van der Waals surface area contributed by atoms with Crippen LogP contribution in [-0.4, -0.2) is 38.8 Å². The second kappa shape index (κ2) is 8.53. The highest BCUT2D eigenvalue weighted by Crippen LogP contribution is 2.28. The summed E-state index contributed by atoms with van der Waals surface area (Å²) in [6.45, 7) is 1.21. The van der Waals surface area contributed by atoms with Crippen LogP contribution in [0.3, 0.4) is 0 Å². The maximum atomic E-state index is 13.4. The van der Waals surface area contributed by atoms with Crippen molar-refractivity contribution in [1.82, 2.24) is 19.9 Å². The minimum Gasteiger partial charge on any atom is -0.338 e. The van der Waals surface area contributed by atoms with Crippen LogP contribution in [0.5, 0.6) is 0 Å². The molecule has 1 aliphatic rings. The normalized spacial score (nSPS) is 16.5. The first-order valence-corrected chi connectivity index (χ1v) is 9.73. The number of carbonyl (C=O) groups excluding carboxylic acids is 1. The molecule has 1 aromatic carbocycles. The van der Waals surface area contributed by atoms with E-state index < -0.39 is 0 Å². The molecule has 1 N–H and O–H groups in total. The number of aromatic nitrogens is 3. The Balaban J connectivity index is 1.50. The van der Waals surface area contributed by atoms with E-state index in [1.165, 1.54) is 12.1 Å². The van der Waals surface area contributed by atoms with Gasteiger partial charge in [0.25, 0.3) is 5.91 Å². The number of carbonyl (C=O) groups is 1. The van der Waals surface area contributed by atoms with Gasteiger partial charge in [-0.2, -0.15) is 0 Å². The third-order valence-electron chi connectivity index (χ3n) is 4.87. The van der Waals surface area contributed by atoms with Crippen molar-refractivity contribution in [3.05, 3.63) is 77.1 Å². The molecule has 0 saturated carbocycles. The summed E-state index contributed by atoms with van der Waals surface area (Å²) < 4.78 is 13.4. The zero-order valence-electron chi connectivity index (χ0n) is 15.6. The summed E-state index contributed by atoms with van der Waals surface area (Å²) in [6.07, 6.45) is 5.01. The second-order valence-corrected chi connectivity index (χ2v) is 7.23. The first-order chi connectivity index (χ1) is 14.1. The van der Waals surface area contributed by atoms with E-state index in [2.05, 4.69) is 20.3 Å². The van der Waals surface area contributed by atoms with E-state index in [1.54, 1.807) is 41.6 Å². The fourth-order valence-corrected chi connectivity index (χ4v) is 3.67. The number of halogens is 2. The number of hydrogen-bond donors (Lipinski definition) is 1. The minimum atomic E-state index is -0.332. The summed E-state index contributed by atoms with van der Waals surface area (Å²) in [7, 11) is 0. The number of nitrogens with zero attached hydrogens (tertiary/aromatic N) is 4. The number of amides is 1. The topological polar surface area (TPSA) is 71.0 Å². The van der Waals surface area contributed by atoms with Gasteiger partial charge in [-0.15, -0.1) is 0 Å². The monoisotopic (exact) mass is 411 g/mol. The van der Waals surface area contributed by atoms with Crippen LogP contribution >= 0.6 is 11.6 Å². The third kappa shape index (κ3) is 4.51. The van der Waals surface area contributed by atoms with E-state index in [0.29, 0.717) is 30.3 Å². The Labute approximate surface area is 172 Å². The molecule has 0 spiro atoms. The van der Waals surface area contributed by atoms with E-state index in [1.807, 2.05) is 6.07 Å². The van der Waals surface area contributed by atoms with Crippen molar-refractivity contribution in [3.63, 3.8) is 0 Å². The van der Waals surface area contributed by atoms with Crippen molar-refractivity contribution < 1.29 is 9.18 Å². The van der Waals surface area contributed by atoms with Crippen LogP contribution in [-0.2, 0) is 0 Å². The van der Waals surface area contributed by atoms with Gasteiger partial charge in [-0.1, -0.05) is 17.7 Å². The molecule has 148 valence electrons. The molecule has 1 aliphatic heterocycles. The highest BCUT2D eigenvalue weighted by Gasteiger charge is 2.27. The Bertz CT molecular complexity index is 1030. The van der Waals surface area contributed by atoms with Crippen LogP contribution < -0.4 is 5.32 Å². The van der Waals surface area contributed by atoms with E-state index in [9.17, 15) is 9.18 Å². The summed E-state index contributed by atoms with van der Waals surface area (Å²) in [5.74, 6) is 0.0210. The summed E-state index contributed by atoms with van der Waals surface area (Å²) >= 11 is 6.09. The molecule has 1 fully saturated rings. The molecule has 8 heteroatoms. The van der Waals surface area contributed by atoms with Crippen LogP contribution in [0.25, 0.3) is 0 Å². The number of pyridine rings is 1. The summed E-state index contributed by atoms with van der Waals surface area (Å²) in [5, 5.41) is 3.23. The Kier molecular flexibility index (Phi) is 5.67. The lowest BCUT2D eigenvalue weighted by Gasteiger charge is -2.32. The van der Waals surface area contributed by atoms with Gasteiger partial charge in [0.05, 0.1) is 11.3 Å². The minimum absolute atomic E-state index is 0.0826. The van der Waals surface area contributed by atoms with Gasteiger partial charge in [-0.3, -0.25) is 4.79 Å². The zero-order valence-corrected chi connectivity index (χ0v) is 16.3. The molecule has 6 nitrogen and oxygen atoms in total.